The number of carbonyl (C=O) groups is 1. The zero-order chi connectivity index (χ0) is 14.1. The molecule has 5 nitrogen and oxygen atoms in total. The van der Waals surface area contributed by atoms with E-state index in [1.807, 2.05) is 0 Å². The van der Waals surface area contributed by atoms with E-state index in [2.05, 4.69) is 24.5 Å². The monoisotopic (exact) mass is 308 g/mol. The molecule has 0 aromatic carbocycles. The SMILES string of the molecule is COCCNCC(=O)NCC1CCCOC1C(C)C.Cl. The highest BCUT2D eigenvalue weighted by molar-refractivity contribution is 5.85. The van der Waals surface area contributed by atoms with E-state index in [0.717, 1.165) is 19.4 Å². The smallest absolute Gasteiger partial charge is 0.233 e. The van der Waals surface area contributed by atoms with Crippen LogP contribution < -0.4 is 10.6 Å². The summed E-state index contributed by atoms with van der Waals surface area (Å²) in [4.78, 5) is 11.7. The zero-order valence-corrected chi connectivity index (χ0v) is 13.6. The summed E-state index contributed by atoms with van der Waals surface area (Å²) in [5.41, 5.74) is 0. The predicted octanol–water partition coefficient (Wildman–Crippen LogP) is 1.21. The second-order valence-electron chi connectivity index (χ2n) is 5.46. The van der Waals surface area contributed by atoms with Gasteiger partial charge in [0, 0.05) is 32.7 Å². The largest absolute Gasteiger partial charge is 0.383 e. The first-order chi connectivity index (χ1) is 9.15. The molecule has 2 unspecified atom stereocenters. The maximum absolute atomic E-state index is 11.7. The highest BCUT2D eigenvalue weighted by Crippen LogP contribution is 2.25. The molecular weight excluding hydrogens is 280 g/mol. The minimum absolute atomic E-state index is 0. The van der Waals surface area contributed by atoms with Crippen molar-refractivity contribution in [2.24, 2.45) is 11.8 Å². The van der Waals surface area contributed by atoms with E-state index in [-0.39, 0.29) is 24.4 Å². The Labute approximate surface area is 128 Å². The predicted molar refractivity (Wildman–Crippen MR) is 82.3 cm³/mol. The lowest BCUT2D eigenvalue weighted by molar-refractivity contribution is -0.121. The fraction of sp³-hybridized carbons (Fsp3) is 0.929. The summed E-state index contributed by atoms with van der Waals surface area (Å²) in [6.45, 7) is 7.60. The topological polar surface area (TPSA) is 59.6 Å². The summed E-state index contributed by atoms with van der Waals surface area (Å²) in [6, 6.07) is 0. The van der Waals surface area contributed by atoms with Crippen LogP contribution in [0, 0.1) is 11.8 Å². The first-order valence-corrected chi connectivity index (χ1v) is 7.23. The zero-order valence-electron chi connectivity index (χ0n) is 12.8. The van der Waals surface area contributed by atoms with Gasteiger partial charge in [-0.1, -0.05) is 13.8 Å². The Balaban J connectivity index is 0.00000361. The number of ether oxygens (including phenoxy) is 2. The molecule has 120 valence electrons. The molecule has 1 aliphatic rings. The average Bonchev–Trinajstić information content (AvgIpc) is 2.41. The Morgan fingerprint density at radius 1 is 1.45 bits per heavy atom. The molecule has 0 saturated carbocycles. The van der Waals surface area contributed by atoms with E-state index >= 15 is 0 Å². The molecule has 1 saturated heterocycles. The van der Waals surface area contributed by atoms with Crippen molar-refractivity contribution < 1.29 is 14.3 Å². The maximum Gasteiger partial charge on any atom is 0.233 e. The Hall–Kier alpha value is -0.360. The molecule has 2 N–H and O–H groups in total. The van der Waals surface area contributed by atoms with Crippen LogP contribution in [0.1, 0.15) is 26.7 Å². The van der Waals surface area contributed by atoms with Gasteiger partial charge in [0.25, 0.3) is 0 Å². The van der Waals surface area contributed by atoms with E-state index < -0.39 is 0 Å². The van der Waals surface area contributed by atoms with Crippen LogP contribution in [0.3, 0.4) is 0 Å². The molecule has 6 heteroatoms. The Bertz CT molecular complexity index is 265. The first-order valence-electron chi connectivity index (χ1n) is 7.23. The standard InChI is InChI=1S/C14H28N2O3.ClH/c1-11(2)14-12(5-4-7-19-14)9-16-13(17)10-15-6-8-18-3;/h11-12,14-15H,4-10H2,1-3H3,(H,16,17);1H. The van der Waals surface area contributed by atoms with Crippen molar-refractivity contribution in [2.75, 3.05) is 40.0 Å². The lowest BCUT2D eigenvalue weighted by Crippen LogP contribution is -2.43. The van der Waals surface area contributed by atoms with Gasteiger partial charge in [-0.25, -0.2) is 0 Å². The highest BCUT2D eigenvalue weighted by Gasteiger charge is 2.28. The quantitative estimate of drug-likeness (QED) is 0.662. The summed E-state index contributed by atoms with van der Waals surface area (Å²) in [6.07, 6.45) is 2.51. The lowest BCUT2D eigenvalue weighted by atomic mass is 9.87. The number of carbonyl (C=O) groups excluding carboxylic acids is 1. The molecule has 0 aromatic rings. The van der Waals surface area contributed by atoms with Crippen LogP contribution in [0.2, 0.25) is 0 Å². The van der Waals surface area contributed by atoms with Gasteiger partial charge in [-0.3, -0.25) is 4.79 Å². The van der Waals surface area contributed by atoms with Crippen molar-refractivity contribution in [1.82, 2.24) is 10.6 Å². The van der Waals surface area contributed by atoms with Crippen molar-refractivity contribution in [3.8, 4) is 0 Å². The highest BCUT2D eigenvalue weighted by atomic mass is 35.5. The van der Waals surface area contributed by atoms with Gasteiger partial charge in [0.05, 0.1) is 19.3 Å². The van der Waals surface area contributed by atoms with Gasteiger partial charge in [0.15, 0.2) is 0 Å². The number of amides is 1. The lowest BCUT2D eigenvalue weighted by Gasteiger charge is -2.34. The van der Waals surface area contributed by atoms with Crippen LogP contribution in [0.5, 0.6) is 0 Å². The molecule has 0 bridgehead atoms. The first kappa shape index (κ1) is 19.6. The van der Waals surface area contributed by atoms with Crippen LogP contribution >= 0.6 is 12.4 Å². The summed E-state index contributed by atoms with van der Waals surface area (Å²) in [5, 5.41) is 6.03. The van der Waals surface area contributed by atoms with Crippen molar-refractivity contribution in [3.63, 3.8) is 0 Å². The number of hydrogen-bond acceptors (Lipinski definition) is 4. The normalized spacial score (nSPS) is 22.4. The van der Waals surface area contributed by atoms with E-state index in [1.165, 1.54) is 0 Å². The third kappa shape index (κ3) is 7.43. The number of halogens is 1. The van der Waals surface area contributed by atoms with E-state index in [0.29, 0.717) is 38.1 Å². The van der Waals surface area contributed by atoms with Gasteiger partial charge < -0.3 is 20.1 Å². The van der Waals surface area contributed by atoms with Crippen LogP contribution in [0.15, 0.2) is 0 Å². The molecule has 1 rings (SSSR count). The van der Waals surface area contributed by atoms with Crippen molar-refractivity contribution in [2.45, 2.75) is 32.8 Å². The molecule has 1 aliphatic heterocycles. The number of methoxy groups -OCH3 is 1. The summed E-state index contributed by atoms with van der Waals surface area (Å²) in [5.74, 6) is 0.989. The molecule has 0 aromatic heterocycles. The van der Waals surface area contributed by atoms with Crippen molar-refractivity contribution in [1.29, 1.82) is 0 Å². The van der Waals surface area contributed by atoms with Crippen LogP contribution in [0.25, 0.3) is 0 Å². The van der Waals surface area contributed by atoms with Gasteiger partial charge in [0.1, 0.15) is 0 Å². The van der Waals surface area contributed by atoms with E-state index in [9.17, 15) is 4.79 Å². The molecule has 0 aliphatic carbocycles. The average molecular weight is 309 g/mol. The molecule has 2 atom stereocenters. The summed E-state index contributed by atoms with van der Waals surface area (Å²) >= 11 is 0. The fourth-order valence-corrected chi connectivity index (χ4v) is 2.50. The van der Waals surface area contributed by atoms with Gasteiger partial charge in [-0.05, 0) is 18.8 Å². The molecule has 1 amide bonds. The molecule has 0 radical (unpaired) electrons. The van der Waals surface area contributed by atoms with Gasteiger partial charge in [-0.2, -0.15) is 0 Å². The second kappa shape index (κ2) is 11.3. The molecule has 1 heterocycles. The molecule has 20 heavy (non-hydrogen) atoms. The van der Waals surface area contributed by atoms with Gasteiger partial charge >= 0.3 is 0 Å². The van der Waals surface area contributed by atoms with Crippen LogP contribution in [-0.2, 0) is 14.3 Å². The van der Waals surface area contributed by atoms with E-state index in [1.54, 1.807) is 7.11 Å². The minimum atomic E-state index is 0. The Kier molecular flexibility index (Phi) is 11.1. The van der Waals surface area contributed by atoms with Crippen LogP contribution in [0.4, 0.5) is 0 Å². The third-order valence-electron chi connectivity index (χ3n) is 3.48. The molecular formula is C14H29ClN2O3. The molecule has 1 fully saturated rings. The minimum Gasteiger partial charge on any atom is -0.383 e. The second-order valence-corrected chi connectivity index (χ2v) is 5.46. The van der Waals surface area contributed by atoms with Gasteiger partial charge in [-0.15, -0.1) is 12.4 Å². The van der Waals surface area contributed by atoms with Gasteiger partial charge in [0.2, 0.25) is 5.91 Å². The van der Waals surface area contributed by atoms with Crippen molar-refractivity contribution >= 4 is 18.3 Å². The van der Waals surface area contributed by atoms with Crippen LogP contribution in [-0.4, -0.2) is 52.0 Å². The number of hydrogen-bond donors (Lipinski definition) is 2. The van der Waals surface area contributed by atoms with Crippen molar-refractivity contribution in [3.05, 3.63) is 0 Å². The fourth-order valence-electron chi connectivity index (χ4n) is 2.50. The Morgan fingerprint density at radius 3 is 2.85 bits per heavy atom. The number of rotatable bonds is 8. The van der Waals surface area contributed by atoms with E-state index in [4.69, 9.17) is 9.47 Å². The molecule has 0 spiro atoms. The number of nitrogens with one attached hydrogen (secondary N) is 2. The summed E-state index contributed by atoms with van der Waals surface area (Å²) in [7, 11) is 1.65. The maximum atomic E-state index is 11.7. The summed E-state index contributed by atoms with van der Waals surface area (Å²) < 4.78 is 10.7. The third-order valence-corrected chi connectivity index (χ3v) is 3.48. The Morgan fingerprint density at radius 2 is 2.20 bits per heavy atom.